The summed E-state index contributed by atoms with van der Waals surface area (Å²) < 4.78 is 53.0. The van der Waals surface area contributed by atoms with Crippen molar-refractivity contribution >= 4 is 27.2 Å². The van der Waals surface area contributed by atoms with Crippen molar-refractivity contribution in [1.29, 1.82) is 0 Å². The molecule has 2 rings (SSSR count). The Hall–Kier alpha value is -2.22. The molecule has 23 heavy (non-hydrogen) atoms. The number of rotatable bonds is 7. The number of halogens is 2. The van der Waals surface area contributed by atoms with Crippen LogP contribution in [0.25, 0.3) is 0 Å². The van der Waals surface area contributed by atoms with Gasteiger partial charge in [0.2, 0.25) is 10.0 Å². The van der Waals surface area contributed by atoms with Crippen LogP contribution in [-0.4, -0.2) is 19.2 Å². The van der Waals surface area contributed by atoms with Crippen LogP contribution in [0.15, 0.2) is 36.5 Å². The first-order valence-electron chi connectivity index (χ1n) is 7.09. The van der Waals surface area contributed by atoms with Crippen molar-refractivity contribution in [2.24, 2.45) is 0 Å². The molecule has 0 aliphatic carbocycles. The molecule has 0 saturated carbocycles. The Labute approximate surface area is 133 Å². The molecule has 1 heterocycles. The molecule has 0 aliphatic heterocycles. The van der Waals surface area contributed by atoms with Gasteiger partial charge in [-0.15, -0.1) is 0 Å². The van der Waals surface area contributed by atoms with Gasteiger partial charge in [0.05, 0.1) is 17.6 Å². The van der Waals surface area contributed by atoms with Crippen molar-refractivity contribution in [3.63, 3.8) is 0 Å². The minimum absolute atomic E-state index is 0.0195. The van der Waals surface area contributed by atoms with Crippen LogP contribution < -0.4 is 10.0 Å². The molecule has 0 aliphatic rings. The fraction of sp³-hybridized carbons (Fsp3) is 0.267. The second-order valence-corrected chi connectivity index (χ2v) is 6.77. The van der Waals surface area contributed by atoms with Gasteiger partial charge in [0.25, 0.3) is 0 Å². The van der Waals surface area contributed by atoms with Crippen molar-refractivity contribution in [3.05, 3.63) is 48.2 Å². The van der Waals surface area contributed by atoms with E-state index >= 15 is 0 Å². The zero-order chi connectivity index (χ0) is 16.9. The average molecular weight is 341 g/mol. The number of para-hydroxylation sites is 1. The maximum atomic E-state index is 13.5. The van der Waals surface area contributed by atoms with Crippen LogP contribution in [-0.2, 0) is 10.0 Å². The number of pyridine rings is 1. The average Bonchev–Trinajstić information content (AvgIpc) is 2.50. The van der Waals surface area contributed by atoms with Crippen LogP contribution in [0.3, 0.4) is 0 Å². The summed E-state index contributed by atoms with van der Waals surface area (Å²) >= 11 is 0. The van der Waals surface area contributed by atoms with Crippen molar-refractivity contribution < 1.29 is 17.2 Å². The van der Waals surface area contributed by atoms with E-state index in [1.54, 1.807) is 0 Å². The summed E-state index contributed by atoms with van der Waals surface area (Å²) in [5, 5.41) is 2.58. The summed E-state index contributed by atoms with van der Waals surface area (Å²) in [5.74, 6) is -1.28. The highest BCUT2D eigenvalue weighted by Crippen LogP contribution is 2.23. The summed E-state index contributed by atoms with van der Waals surface area (Å²) in [6.07, 6.45) is 2.62. The number of hydrogen-bond acceptors (Lipinski definition) is 4. The van der Waals surface area contributed by atoms with Gasteiger partial charge in [0.1, 0.15) is 23.1 Å². The molecule has 0 fully saturated rings. The van der Waals surface area contributed by atoms with Gasteiger partial charge in [-0.05, 0) is 30.7 Å². The van der Waals surface area contributed by atoms with Gasteiger partial charge in [0, 0.05) is 0 Å². The molecule has 0 bridgehead atoms. The first-order valence-corrected chi connectivity index (χ1v) is 8.74. The fourth-order valence-electron chi connectivity index (χ4n) is 1.83. The molecular weight excluding hydrogens is 324 g/mol. The second kappa shape index (κ2) is 7.36. The molecule has 5 nitrogen and oxygen atoms in total. The molecule has 2 aromatic rings. The van der Waals surface area contributed by atoms with Crippen molar-refractivity contribution in [2.75, 3.05) is 15.8 Å². The lowest BCUT2D eigenvalue weighted by molar-refractivity contribution is 0.590. The van der Waals surface area contributed by atoms with Crippen LogP contribution in [0.4, 0.5) is 26.0 Å². The summed E-state index contributed by atoms with van der Waals surface area (Å²) in [4.78, 5) is 3.93. The number of unbranched alkanes of at least 4 members (excludes halogenated alkanes) is 1. The number of nitrogens with one attached hydrogen (secondary N) is 2. The molecule has 0 amide bonds. The number of benzene rings is 1. The van der Waals surface area contributed by atoms with Gasteiger partial charge in [-0.1, -0.05) is 19.4 Å². The van der Waals surface area contributed by atoms with E-state index in [1.165, 1.54) is 24.4 Å². The van der Waals surface area contributed by atoms with Crippen LogP contribution in [0.5, 0.6) is 0 Å². The van der Waals surface area contributed by atoms with Gasteiger partial charge in [-0.2, -0.15) is 0 Å². The minimum Gasteiger partial charge on any atom is -0.349 e. The molecular formula is C15H17F2N3O2S. The zero-order valence-corrected chi connectivity index (χ0v) is 13.3. The first-order chi connectivity index (χ1) is 10.9. The highest BCUT2D eigenvalue weighted by Gasteiger charge is 2.11. The monoisotopic (exact) mass is 341 g/mol. The van der Waals surface area contributed by atoms with Gasteiger partial charge in [0.15, 0.2) is 0 Å². The predicted octanol–water partition coefficient (Wildman–Crippen LogP) is 3.65. The quantitative estimate of drug-likeness (QED) is 0.806. The molecule has 1 aromatic carbocycles. The summed E-state index contributed by atoms with van der Waals surface area (Å²) in [6, 6.07) is 6.44. The lowest BCUT2D eigenvalue weighted by Gasteiger charge is -2.10. The van der Waals surface area contributed by atoms with E-state index in [0.717, 1.165) is 18.6 Å². The summed E-state index contributed by atoms with van der Waals surface area (Å²) in [6.45, 7) is 1.90. The molecule has 0 spiro atoms. The van der Waals surface area contributed by atoms with Crippen LogP contribution >= 0.6 is 0 Å². The third-order valence-corrected chi connectivity index (χ3v) is 4.37. The Kier molecular flexibility index (Phi) is 5.49. The number of hydrogen-bond donors (Lipinski definition) is 2. The summed E-state index contributed by atoms with van der Waals surface area (Å²) in [5.41, 5.74) is 0.0519. The molecule has 1 aromatic heterocycles. The Balaban J connectivity index is 2.08. The fourth-order valence-corrected chi connectivity index (χ4v) is 3.04. The molecule has 0 unspecified atom stereocenters. The highest BCUT2D eigenvalue weighted by molar-refractivity contribution is 7.92. The zero-order valence-electron chi connectivity index (χ0n) is 12.5. The Morgan fingerprint density at radius 1 is 1.13 bits per heavy atom. The van der Waals surface area contributed by atoms with Gasteiger partial charge >= 0.3 is 0 Å². The lowest BCUT2D eigenvalue weighted by Crippen LogP contribution is -2.17. The normalized spacial score (nSPS) is 11.3. The van der Waals surface area contributed by atoms with E-state index in [1.807, 2.05) is 6.92 Å². The first kappa shape index (κ1) is 17.1. The number of aromatic nitrogens is 1. The van der Waals surface area contributed by atoms with E-state index in [0.29, 0.717) is 12.1 Å². The van der Waals surface area contributed by atoms with Crippen LogP contribution in [0, 0.1) is 11.6 Å². The topological polar surface area (TPSA) is 71.1 Å². The lowest BCUT2D eigenvalue weighted by atomic mass is 10.2. The molecule has 2 N–H and O–H groups in total. The predicted molar refractivity (Wildman–Crippen MR) is 86.2 cm³/mol. The number of nitrogens with zero attached hydrogens (tertiary/aromatic N) is 1. The Morgan fingerprint density at radius 3 is 2.39 bits per heavy atom. The Morgan fingerprint density at radius 2 is 1.83 bits per heavy atom. The summed E-state index contributed by atoms with van der Waals surface area (Å²) in [7, 11) is -3.43. The van der Waals surface area contributed by atoms with Crippen molar-refractivity contribution in [1.82, 2.24) is 4.98 Å². The molecule has 8 heteroatoms. The third-order valence-electron chi connectivity index (χ3n) is 3.02. The SMILES string of the molecule is CCCCS(=O)(=O)Nc1ccc(Nc2c(F)cccc2F)cn1. The molecule has 0 saturated heterocycles. The molecule has 124 valence electrons. The highest BCUT2D eigenvalue weighted by atomic mass is 32.2. The van der Waals surface area contributed by atoms with E-state index < -0.39 is 21.7 Å². The van der Waals surface area contributed by atoms with Crippen LogP contribution in [0.1, 0.15) is 19.8 Å². The van der Waals surface area contributed by atoms with E-state index in [2.05, 4.69) is 15.0 Å². The smallest absolute Gasteiger partial charge is 0.233 e. The maximum absolute atomic E-state index is 13.5. The minimum atomic E-state index is -3.43. The van der Waals surface area contributed by atoms with E-state index in [-0.39, 0.29) is 17.3 Å². The number of sulfonamides is 1. The van der Waals surface area contributed by atoms with Gasteiger partial charge in [-0.25, -0.2) is 22.2 Å². The Bertz CT molecular complexity index is 745. The van der Waals surface area contributed by atoms with Gasteiger partial charge < -0.3 is 5.32 Å². The van der Waals surface area contributed by atoms with E-state index in [4.69, 9.17) is 0 Å². The molecule has 0 radical (unpaired) electrons. The largest absolute Gasteiger partial charge is 0.349 e. The van der Waals surface area contributed by atoms with Crippen molar-refractivity contribution in [2.45, 2.75) is 19.8 Å². The van der Waals surface area contributed by atoms with Crippen LogP contribution in [0.2, 0.25) is 0 Å². The van der Waals surface area contributed by atoms with Gasteiger partial charge in [-0.3, -0.25) is 4.72 Å². The van der Waals surface area contributed by atoms with E-state index in [9.17, 15) is 17.2 Å². The molecule has 0 atom stereocenters. The number of anilines is 3. The second-order valence-electron chi connectivity index (χ2n) is 4.93. The van der Waals surface area contributed by atoms with Crippen molar-refractivity contribution in [3.8, 4) is 0 Å². The standard InChI is InChI=1S/C15H17F2N3O2S/c1-2-3-9-23(21,22)20-14-8-7-11(10-18-14)19-15-12(16)5-4-6-13(15)17/h4-8,10,19H,2-3,9H2,1H3,(H,18,20). The maximum Gasteiger partial charge on any atom is 0.233 e. The third kappa shape index (κ3) is 4.88.